The minimum atomic E-state index is -0.581. The summed E-state index contributed by atoms with van der Waals surface area (Å²) in [6, 6.07) is 15.3. The van der Waals surface area contributed by atoms with Gasteiger partial charge in [0.2, 0.25) is 0 Å². The molecule has 0 saturated carbocycles. The fourth-order valence-electron chi connectivity index (χ4n) is 2.29. The minimum absolute atomic E-state index is 0.0848. The molecule has 1 amide bonds. The number of methoxy groups -OCH3 is 1. The highest BCUT2D eigenvalue weighted by Gasteiger charge is 2.13. The van der Waals surface area contributed by atoms with E-state index in [2.05, 4.69) is 5.32 Å². The molecule has 6 nitrogen and oxygen atoms in total. The Kier molecular flexibility index (Phi) is 7.15. The molecule has 2 aromatic rings. The largest absolute Gasteiger partial charge is 0.496 e. The summed E-state index contributed by atoms with van der Waals surface area (Å²) in [6.45, 7) is 2.23. The maximum absolute atomic E-state index is 12.4. The number of para-hydroxylation sites is 1. The molecule has 0 aliphatic heterocycles. The normalized spacial score (nSPS) is 10.6. The highest BCUT2D eigenvalue weighted by molar-refractivity contribution is 6.10. The molecule has 27 heavy (non-hydrogen) atoms. The zero-order chi connectivity index (χ0) is 19.6. The lowest BCUT2D eigenvalue weighted by atomic mass is 10.1. The number of carbonyl (C=O) groups is 2. The summed E-state index contributed by atoms with van der Waals surface area (Å²) < 4.78 is 10.3. The van der Waals surface area contributed by atoms with Crippen molar-refractivity contribution in [3.8, 4) is 11.8 Å². The average molecular weight is 364 g/mol. The van der Waals surface area contributed by atoms with Crippen LogP contribution in [0.4, 0.5) is 5.69 Å². The molecule has 0 radical (unpaired) electrons. The Bertz CT molecular complexity index is 897. The number of rotatable bonds is 7. The van der Waals surface area contributed by atoms with Crippen LogP contribution in [0, 0.1) is 11.3 Å². The van der Waals surface area contributed by atoms with Gasteiger partial charge in [0.15, 0.2) is 0 Å². The first-order valence-electron chi connectivity index (χ1n) is 8.42. The van der Waals surface area contributed by atoms with E-state index < -0.39 is 11.9 Å². The molecule has 2 aromatic carbocycles. The molecule has 2 rings (SSSR count). The molecule has 0 bridgehead atoms. The van der Waals surface area contributed by atoms with Crippen molar-refractivity contribution in [2.45, 2.75) is 13.3 Å². The number of hydrogen-bond acceptors (Lipinski definition) is 5. The maximum atomic E-state index is 12.4. The number of nitrogens with zero attached hydrogens (tertiary/aromatic N) is 1. The quantitative estimate of drug-likeness (QED) is 0.458. The van der Waals surface area contributed by atoms with Gasteiger partial charge in [-0.3, -0.25) is 4.79 Å². The van der Waals surface area contributed by atoms with E-state index in [1.807, 2.05) is 13.0 Å². The summed E-state index contributed by atoms with van der Waals surface area (Å²) in [5.41, 5.74) is 1.25. The van der Waals surface area contributed by atoms with Gasteiger partial charge < -0.3 is 14.8 Å². The predicted molar refractivity (Wildman–Crippen MR) is 102 cm³/mol. The molecule has 0 saturated heterocycles. The third-order valence-corrected chi connectivity index (χ3v) is 3.60. The van der Waals surface area contributed by atoms with E-state index in [0.717, 1.165) is 6.42 Å². The van der Waals surface area contributed by atoms with Crippen LogP contribution in [0.2, 0.25) is 0 Å². The molecule has 0 atom stereocenters. The van der Waals surface area contributed by atoms with Crippen molar-refractivity contribution in [1.29, 1.82) is 5.26 Å². The summed E-state index contributed by atoms with van der Waals surface area (Å²) in [6.07, 6.45) is 2.18. The standard InChI is InChI=1S/C21H20N2O4/c1-3-11-27-21(25)16-8-6-9-18(13-16)23-20(24)17(14-22)12-15-7-4-5-10-19(15)26-2/h4-10,12-13H,3,11H2,1-2H3,(H,23,24)/b17-12+. The van der Waals surface area contributed by atoms with E-state index in [1.54, 1.807) is 42.5 Å². The van der Waals surface area contributed by atoms with Gasteiger partial charge in [0.25, 0.3) is 5.91 Å². The van der Waals surface area contributed by atoms with Crippen molar-refractivity contribution in [1.82, 2.24) is 0 Å². The Balaban J connectivity index is 2.19. The van der Waals surface area contributed by atoms with Crippen LogP contribution >= 0.6 is 0 Å². The van der Waals surface area contributed by atoms with E-state index in [9.17, 15) is 14.9 Å². The van der Waals surface area contributed by atoms with Crippen molar-refractivity contribution >= 4 is 23.6 Å². The molecule has 0 aromatic heterocycles. The first-order valence-corrected chi connectivity index (χ1v) is 8.42. The van der Waals surface area contributed by atoms with E-state index in [-0.39, 0.29) is 5.57 Å². The van der Waals surface area contributed by atoms with Crippen LogP contribution in [-0.2, 0) is 9.53 Å². The van der Waals surface area contributed by atoms with Crippen LogP contribution in [0.1, 0.15) is 29.3 Å². The van der Waals surface area contributed by atoms with E-state index in [0.29, 0.717) is 29.2 Å². The number of benzene rings is 2. The van der Waals surface area contributed by atoms with Crippen LogP contribution in [-0.4, -0.2) is 25.6 Å². The van der Waals surface area contributed by atoms with Crippen LogP contribution in [0.3, 0.4) is 0 Å². The van der Waals surface area contributed by atoms with E-state index >= 15 is 0 Å². The zero-order valence-electron chi connectivity index (χ0n) is 15.2. The summed E-state index contributed by atoms with van der Waals surface area (Å²) in [7, 11) is 1.52. The van der Waals surface area contributed by atoms with E-state index in [1.165, 1.54) is 19.3 Å². The summed E-state index contributed by atoms with van der Waals surface area (Å²) >= 11 is 0. The molecule has 0 unspecified atom stereocenters. The Labute approximate surface area is 158 Å². The SMILES string of the molecule is CCCOC(=O)c1cccc(NC(=O)/C(C#N)=C/c2ccccc2OC)c1. The molecule has 0 aliphatic rings. The Hall–Kier alpha value is -3.59. The van der Waals surface area contributed by atoms with Gasteiger partial charge in [-0.05, 0) is 36.8 Å². The maximum Gasteiger partial charge on any atom is 0.338 e. The lowest BCUT2D eigenvalue weighted by Crippen LogP contribution is -2.14. The number of esters is 1. The van der Waals surface area contributed by atoms with Crippen LogP contribution in [0.15, 0.2) is 54.1 Å². The summed E-state index contributed by atoms with van der Waals surface area (Å²) in [5, 5.41) is 12.0. The highest BCUT2D eigenvalue weighted by atomic mass is 16.5. The van der Waals surface area contributed by atoms with Gasteiger partial charge in [0, 0.05) is 11.3 Å². The third kappa shape index (κ3) is 5.44. The van der Waals surface area contributed by atoms with Crippen molar-refractivity contribution in [3.05, 3.63) is 65.2 Å². The fraction of sp³-hybridized carbons (Fsp3) is 0.190. The molecule has 0 heterocycles. The Morgan fingerprint density at radius 3 is 2.67 bits per heavy atom. The van der Waals surface area contributed by atoms with Gasteiger partial charge in [-0.1, -0.05) is 31.2 Å². The number of amides is 1. The number of nitrogens with one attached hydrogen (secondary N) is 1. The summed E-state index contributed by atoms with van der Waals surface area (Å²) in [4.78, 5) is 24.4. The molecule has 138 valence electrons. The van der Waals surface area contributed by atoms with Gasteiger partial charge >= 0.3 is 5.97 Å². The van der Waals surface area contributed by atoms with Gasteiger partial charge in [-0.15, -0.1) is 0 Å². The molecule has 1 N–H and O–H groups in total. The molecular weight excluding hydrogens is 344 g/mol. The van der Waals surface area contributed by atoms with Gasteiger partial charge in [0.05, 0.1) is 19.3 Å². The first-order chi connectivity index (χ1) is 13.1. The van der Waals surface area contributed by atoms with Crippen LogP contribution < -0.4 is 10.1 Å². The van der Waals surface area contributed by atoms with E-state index in [4.69, 9.17) is 9.47 Å². The Morgan fingerprint density at radius 1 is 1.19 bits per heavy atom. The number of ether oxygens (including phenoxy) is 2. The lowest BCUT2D eigenvalue weighted by Gasteiger charge is -2.08. The number of carbonyl (C=O) groups excluding carboxylic acids is 2. The molecular formula is C21H20N2O4. The second-order valence-electron chi connectivity index (χ2n) is 5.58. The topological polar surface area (TPSA) is 88.4 Å². The molecule has 0 spiro atoms. The third-order valence-electron chi connectivity index (χ3n) is 3.60. The zero-order valence-corrected chi connectivity index (χ0v) is 15.2. The number of anilines is 1. The van der Waals surface area contributed by atoms with Gasteiger partial charge in [0.1, 0.15) is 17.4 Å². The molecule has 0 aliphatic carbocycles. The average Bonchev–Trinajstić information content (AvgIpc) is 2.70. The monoisotopic (exact) mass is 364 g/mol. The smallest absolute Gasteiger partial charge is 0.338 e. The van der Waals surface area contributed by atoms with Crippen molar-refractivity contribution < 1.29 is 19.1 Å². The Morgan fingerprint density at radius 2 is 1.96 bits per heavy atom. The second-order valence-corrected chi connectivity index (χ2v) is 5.58. The lowest BCUT2D eigenvalue weighted by molar-refractivity contribution is -0.112. The number of nitriles is 1. The van der Waals surface area contributed by atoms with Crippen molar-refractivity contribution in [3.63, 3.8) is 0 Å². The summed E-state index contributed by atoms with van der Waals surface area (Å²) in [5.74, 6) is -0.487. The van der Waals surface area contributed by atoms with Gasteiger partial charge in [-0.25, -0.2) is 4.79 Å². The van der Waals surface area contributed by atoms with Crippen LogP contribution in [0.5, 0.6) is 5.75 Å². The fourth-order valence-corrected chi connectivity index (χ4v) is 2.29. The van der Waals surface area contributed by atoms with Crippen LogP contribution in [0.25, 0.3) is 6.08 Å². The minimum Gasteiger partial charge on any atom is -0.496 e. The first kappa shape index (κ1) is 19.7. The predicted octanol–water partition coefficient (Wildman–Crippen LogP) is 3.81. The van der Waals surface area contributed by atoms with Gasteiger partial charge in [-0.2, -0.15) is 5.26 Å². The second kappa shape index (κ2) is 9.78. The number of hydrogen-bond donors (Lipinski definition) is 1. The molecule has 0 fully saturated rings. The van der Waals surface area contributed by atoms with Crippen molar-refractivity contribution in [2.24, 2.45) is 0 Å². The highest BCUT2D eigenvalue weighted by Crippen LogP contribution is 2.21. The van der Waals surface area contributed by atoms with Crippen molar-refractivity contribution in [2.75, 3.05) is 19.0 Å². The molecule has 6 heteroatoms.